The van der Waals surface area contributed by atoms with Crippen LogP contribution in [0.3, 0.4) is 0 Å². The minimum Gasteiger partial charge on any atom is -0.387 e. The third kappa shape index (κ3) is 3.30. The molecule has 0 saturated heterocycles. The molecule has 0 aliphatic heterocycles. The van der Waals surface area contributed by atoms with Crippen molar-refractivity contribution in [2.75, 3.05) is 0 Å². The summed E-state index contributed by atoms with van der Waals surface area (Å²) >= 11 is 0. The van der Waals surface area contributed by atoms with Crippen LogP contribution in [0.2, 0.25) is 0 Å². The quantitative estimate of drug-likeness (QED) is 0.601. The molecule has 0 N–H and O–H groups in total. The first-order valence-electron chi connectivity index (χ1n) is 4.10. The Kier molecular flexibility index (Phi) is 3.47. The number of pyridine rings is 1. The van der Waals surface area contributed by atoms with Crippen molar-refractivity contribution in [2.24, 2.45) is 0 Å². The Bertz CT molecular complexity index is 481. The summed E-state index contributed by atoms with van der Waals surface area (Å²) in [5.41, 5.74) is -1.14. The molecule has 0 spiro atoms. The molecule has 0 saturated carbocycles. The van der Waals surface area contributed by atoms with Gasteiger partial charge in [0.15, 0.2) is 0 Å². The first kappa shape index (κ1) is 12.7. The molecule has 0 bridgehead atoms. The van der Waals surface area contributed by atoms with E-state index in [2.05, 4.69) is 9.72 Å². The van der Waals surface area contributed by atoms with Crippen LogP contribution in [-0.2, 0) is 6.42 Å². The molecule has 6 nitrogen and oxygen atoms in total. The number of ether oxygens (including phenoxy) is 1. The summed E-state index contributed by atoms with van der Waals surface area (Å²) in [5.74, 6) is -0.978. The molecule has 1 aromatic heterocycles. The minimum atomic E-state index is -5.02. The van der Waals surface area contributed by atoms with Crippen LogP contribution in [0.15, 0.2) is 12.3 Å². The van der Waals surface area contributed by atoms with E-state index in [-0.39, 0.29) is 0 Å². The minimum absolute atomic E-state index is 0.502. The highest BCUT2D eigenvalue weighted by Crippen LogP contribution is 2.30. The van der Waals surface area contributed by atoms with E-state index in [1.54, 1.807) is 0 Å². The number of halogens is 3. The fourth-order valence-corrected chi connectivity index (χ4v) is 1.08. The highest BCUT2D eigenvalue weighted by atomic mass is 19.4. The van der Waals surface area contributed by atoms with Gasteiger partial charge in [0.2, 0.25) is 5.88 Å². The van der Waals surface area contributed by atoms with Gasteiger partial charge < -0.3 is 4.74 Å². The van der Waals surface area contributed by atoms with Crippen molar-refractivity contribution in [3.8, 4) is 11.9 Å². The lowest BCUT2D eigenvalue weighted by Gasteiger charge is -2.10. The molecule has 0 aromatic carbocycles. The van der Waals surface area contributed by atoms with Crippen molar-refractivity contribution in [2.45, 2.75) is 12.8 Å². The summed E-state index contributed by atoms with van der Waals surface area (Å²) in [5, 5.41) is 19.0. The van der Waals surface area contributed by atoms with Crippen LogP contribution in [0.5, 0.6) is 5.88 Å². The number of alkyl halides is 3. The number of nitrogens with zero attached hydrogens (tertiary/aromatic N) is 3. The van der Waals surface area contributed by atoms with E-state index in [0.29, 0.717) is 0 Å². The van der Waals surface area contributed by atoms with Crippen molar-refractivity contribution in [3.05, 3.63) is 27.9 Å². The van der Waals surface area contributed by atoms with E-state index in [9.17, 15) is 23.3 Å². The molecule has 17 heavy (non-hydrogen) atoms. The van der Waals surface area contributed by atoms with Gasteiger partial charge in [-0.25, -0.2) is 4.98 Å². The first-order valence-corrected chi connectivity index (χ1v) is 4.10. The lowest BCUT2D eigenvalue weighted by atomic mass is 10.2. The number of nitriles is 1. The molecule has 0 atom stereocenters. The van der Waals surface area contributed by atoms with E-state index in [0.717, 1.165) is 12.3 Å². The number of hydrogen-bond donors (Lipinski definition) is 0. The second-order valence-corrected chi connectivity index (χ2v) is 2.75. The maximum atomic E-state index is 12.0. The molecular weight excluding hydrogens is 243 g/mol. The van der Waals surface area contributed by atoms with Gasteiger partial charge in [-0.3, -0.25) is 10.1 Å². The SMILES string of the molecule is N#CCc1c([N+](=O)[O-])ccnc1OC(F)(F)F. The van der Waals surface area contributed by atoms with Gasteiger partial charge in [-0.15, -0.1) is 13.2 Å². The Morgan fingerprint density at radius 2 is 2.24 bits per heavy atom. The second kappa shape index (κ2) is 4.65. The summed E-state index contributed by atoms with van der Waals surface area (Å²) in [6.45, 7) is 0. The highest BCUT2D eigenvalue weighted by Gasteiger charge is 2.34. The zero-order valence-electron chi connectivity index (χ0n) is 8.06. The summed E-state index contributed by atoms with van der Waals surface area (Å²) in [4.78, 5) is 12.9. The Labute approximate surface area is 92.4 Å². The van der Waals surface area contributed by atoms with Crippen LogP contribution in [-0.4, -0.2) is 16.3 Å². The van der Waals surface area contributed by atoms with Crippen LogP contribution in [0.1, 0.15) is 5.56 Å². The van der Waals surface area contributed by atoms with Gasteiger partial charge in [-0.05, 0) is 0 Å². The van der Waals surface area contributed by atoms with Crippen molar-refractivity contribution in [1.29, 1.82) is 5.26 Å². The van der Waals surface area contributed by atoms with Crippen LogP contribution in [0, 0.1) is 21.4 Å². The normalized spacial score (nSPS) is 10.7. The number of aromatic nitrogens is 1. The van der Waals surface area contributed by atoms with Gasteiger partial charge in [0, 0.05) is 12.3 Å². The summed E-state index contributed by atoms with van der Waals surface area (Å²) in [6.07, 6.45) is -4.82. The molecule has 1 heterocycles. The van der Waals surface area contributed by atoms with Gasteiger partial charge in [0.25, 0.3) is 5.69 Å². The third-order valence-corrected chi connectivity index (χ3v) is 1.66. The van der Waals surface area contributed by atoms with Crippen LogP contribution in [0.4, 0.5) is 18.9 Å². The molecule has 1 rings (SSSR count). The van der Waals surface area contributed by atoms with Gasteiger partial charge in [0.1, 0.15) is 5.56 Å². The standard InChI is InChI=1S/C8H4F3N3O3/c9-8(10,11)17-7-5(1-3-12)6(14(15)16)2-4-13-7/h2,4H,1H2. The van der Waals surface area contributed by atoms with E-state index < -0.39 is 34.8 Å². The number of nitro groups is 1. The zero-order valence-corrected chi connectivity index (χ0v) is 8.06. The average molecular weight is 247 g/mol. The van der Waals surface area contributed by atoms with Gasteiger partial charge >= 0.3 is 6.36 Å². The summed E-state index contributed by atoms with van der Waals surface area (Å²) in [7, 11) is 0. The predicted octanol–water partition coefficient (Wildman–Crippen LogP) is 1.95. The smallest absolute Gasteiger partial charge is 0.387 e. The fraction of sp³-hybridized carbons (Fsp3) is 0.250. The van der Waals surface area contributed by atoms with Crippen LogP contribution in [0.25, 0.3) is 0 Å². The lowest BCUT2D eigenvalue weighted by molar-refractivity contribution is -0.385. The van der Waals surface area contributed by atoms with Crippen molar-refractivity contribution < 1.29 is 22.8 Å². The molecule has 0 radical (unpaired) electrons. The zero-order chi connectivity index (χ0) is 13.1. The highest BCUT2D eigenvalue weighted by molar-refractivity contribution is 5.46. The maximum Gasteiger partial charge on any atom is 0.574 e. The monoisotopic (exact) mass is 247 g/mol. The largest absolute Gasteiger partial charge is 0.574 e. The van der Waals surface area contributed by atoms with E-state index in [4.69, 9.17) is 5.26 Å². The van der Waals surface area contributed by atoms with Crippen LogP contribution < -0.4 is 4.74 Å². The first-order chi connectivity index (χ1) is 7.85. The van der Waals surface area contributed by atoms with Crippen molar-refractivity contribution in [3.63, 3.8) is 0 Å². The van der Waals surface area contributed by atoms with Gasteiger partial charge in [-0.2, -0.15) is 5.26 Å². The Morgan fingerprint density at radius 3 is 2.71 bits per heavy atom. The average Bonchev–Trinajstić information content (AvgIpc) is 2.18. The summed E-state index contributed by atoms with van der Waals surface area (Å²) < 4.78 is 39.4. The van der Waals surface area contributed by atoms with Gasteiger partial charge in [-0.1, -0.05) is 0 Å². The molecule has 9 heteroatoms. The van der Waals surface area contributed by atoms with E-state index in [1.165, 1.54) is 6.07 Å². The molecule has 0 aliphatic carbocycles. The van der Waals surface area contributed by atoms with Gasteiger partial charge in [0.05, 0.1) is 17.4 Å². The Balaban J connectivity index is 3.26. The molecular formula is C8H4F3N3O3. The maximum absolute atomic E-state index is 12.0. The molecule has 0 fully saturated rings. The molecule has 0 aliphatic rings. The van der Waals surface area contributed by atoms with E-state index in [1.807, 2.05) is 0 Å². The topological polar surface area (TPSA) is 89.0 Å². The molecule has 0 amide bonds. The molecule has 90 valence electrons. The van der Waals surface area contributed by atoms with Crippen molar-refractivity contribution >= 4 is 5.69 Å². The summed E-state index contributed by atoms with van der Waals surface area (Å²) in [6, 6.07) is 2.41. The Morgan fingerprint density at radius 1 is 1.59 bits per heavy atom. The third-order valence-electron chi connectivity index (χ3n) is 1.66. The number of rotatable bonds is 3. The van der Waals surface area contributed by atoms with Crippen molar-refractivity contribution in [1.82, 2.24) is 4.98 Å². The molecule has 1 aromatic rings. The fourth-order valence-electron chi connectivity index (χ4n) is 1.08. The molecule has 0 unspecified atom stereocenters. The van der Waals surface area contributed by atoms with Crippen LogP contribution >= 0.6 is 0 Å². The lowest BCUT2D eigenvalue weighted by Crippen LogP contribution is -2.19. The number of hydrogen-bond acceptors (Lipinski definition) is 5. The van der Waals surface area contributed by atoms with E-state index >= 15 is 0 Å². The second-order valence-electron chi connectivity index (χ2n) is 2.75. The Hall–Kier alpha value is -2.37. The predicted molar refractivity (Wildman–Crippen MR) is 46.9 cm³/mol.